The number of nitrogens with zero attached hydrogens (tertiary/aromatic N) is 6. The molecule has 6 nitrogen and oxygen atoms in total. The van der Waals surface area contributed by atoms with Crippen molar-refractivity contribution in [2.45, 2.75) is 39.2 Å². The number of rotatable bonds is 4. The van der Waals surface area contributed by atoms with E-state index in [2.05, 4.69) is 23.2 Å². The molecule has 3 aromatic heterocycles. The molecule has 31 heavy (non-hydrogen) atoms. The van der Waals surface area contributed by atoms with Gasteiger partial charge in [0.1, 0.15) is 5.82 Å². The molecule has 0 unspecified atom stereocenters. The summed E-state index contributed by atoms with van der Waals surface area (Å²) in [6.45, 7) is 4.88. The lowest BCUT2D eigenvalue weighted by Crippen LogP contribution is -2.17. The van der Waals surface area contributed by atoms with E-state index in [9.17, 15) is 0 Å². The van der Waals surface area contributed by atoms with E-state index in [0.29, 0.717) is 5.82 Å². The molecule has 4 aromatic rings. The molecule has 0 amide bonds. The molecule has 0 saturated heterocycles. The summed E-state index contributed by atoms with van der Waals surface area (Å²) in [5, 5.41) is 5.45. The highest BCUT2D eigenvalue weighted by molar-refractivity contribution is 6.30. The molecule has 0 aliphatic carbocycles. The molecule has 0 saturated carbocycles. The van der Waals surface area contributed by atoms with E-state index in [1.54, 1.807) is 0 Å². The van der Waals surface area contributed by atoms with Crippen LogP contribution < -0.4 is 0 Å². The van der Waals surface area contributed by atoms with Gasteiger partial charge in [0.25, 0.3) is 0 Å². The maximum Gasteiger partial charge on any atom is 0.174 e. The Bertz CT molecular complexity index is 1250. The van der Waals surface area contributed by atoms with E-state index >= 15 is 0 Å². The Labute approximate surface area is 186 Å². The summed E-state index contributed by atoms with van der Waals surface area (Å²) in [7, 11) is 0. The quantitative estimate of drug-likeness (QED) is 0.445. The molecule has 0 fully saturated rings. The Kier molecular flexibility index (Phi) is 5.16. The van der Waals surface area contributed by atoms with Crippen molar-refractivity contribution in [1.82, 2.24) is 29.3 Å². The van der Waals surface area contributed by atoms with E-state index in [4.69, 9.17) is 26.7 Å². The maximum absolute atomic E-state index is 6.06. The monoisotopic (exact) mass is 430 g/mol. The average Bonchev–Trinajstić information content (AvgIpc) is 3.38. The van der Waals surface area contributed by atoms with Crippen LogP contribution in [0.4, 0.5) is 0 Å². The summed E-state index contributed by atoms with van der Waals surface area (Å²) < 4.78 is 4.03. The number of benzene rings is 1. The van der Waals surface area contributed by atoms with Gasteiger partial charge in [0.15, 0.2) is 5.82 Å². The summed E-state index contributed by atoms with van der Waals surface area (Å²) in [4.78, 5) is 13.8. The van der Waals surface area contributed by atoms with Gasteiger partial charge < -0.3 is 4.57 Å². The lowest BCUT2D eigenvalue weighted by molar-refractivity contribution is 0.445. The van der Waals surface area contributed by atoms with Crippen molar-refractivity contribution < 1.29 is 0 Å². The molecule has 4 heterocycles. The van der Waals surface area contributed by atoms with Crippen LogP contribution in [0.5, 0.6) is 0 Å². The van der Waals surface area contributed by atoms with Gasteiger partial charge in [0.05, 0.1) is 29.1 Å². The summed E-state index contributed by atoms with van der Waals surface area (Å²) >= 11 is 6.06. The predicted molar refractivity (Wildman–Crippen MR) is 122 cm³/mol. The van der Waals surface area contributed by atoms with E-state index in [1.807, 2.05) is 66.0 Å². The van der Waals surface area contributed by atoms with Crippen LogP contribution in [0.25, 0.3) is 17.8 Å². The summed E-state index contributed by atoms with van der Waals surface area (Å²) in [6.07, 6.45) is 9.87. The van der Waals surface area contributed by atoms with Crippen LogP contribution >= 0.6 is 11.6 Å². The van der Waals surface area contributed by atoms with E-state index in [0.717, 1.165) is 53.0 Å². The molecular formula is C24H23ClN6. The predicted octanol–water partition coefficient (Wildman–Crippen LogP) is 5.23. The minimum atomic E-state index is 0.249. The third-order valence-corrected chi connectivity index (χ3v) is 5.89. The Morgan fingerprint density at radius 3 is 2.61 bits per heavy atom. The minimum Gasteiger partial charge on any atom is -0.304 e. The van der Waals surface area contributed by atoms with Crippen LogP contribution in [-0.2, 0) is 6.54 Å². The zero-order valence-electron chi connectivity index (χ0n) is 17.5. The smallest absolute Gasteiger partial charge is 0.174 e. The molecule has 0 spiro atoms. The van der Waals surface area contributed by atoms with Crippen LogP contribution in [0.1, 0.15) is 53.1 Å². The number of halogens is 1. The average molecular weight is 431 g/mol. The van der Waals surface area contributed by atoms with Crippen LogP contribution in [-0.4, -0.2) is 29.3 Å². The summed E-state index contributed by atoms with van der Waals surface area (Å²) in [6, 6.07) is 12.1. The Hall–Kier alpha value is -3.25. The molecule has 156 valence electrons. The van der Waals surface area contributed by atoms with Crippen LogP contribution in [0.2, 0.25) is 5.02 Å². The van der Waals surface area contributed by atoms with Gasteiger partial charge in [-0.3, -0.25) is 4.98 Å². The SMILES string of the molecule is Cc1cn(-c2ccc(/C=C/c3nc4n(n3)CCC[C@H]4c3ccc(Cl)cc3)nc2C)cn1. The molecular weight excluding hydrogens is 408 g/mol. The van der Waals surface area contributed by atoms with E-state index < -0.39 is 0 Å². The van der Waals surface area contributed by atoms with Crippen molar-refractivity contribution >= 4 is 23.8 Å². The van der Waals surface area contributed by atoms with Crippen LogP contribution in [0, 0.1) is 13.8 Å². The van der Waals surface area contributed by atoms with Gasteiger partial charge in [-0.05, 0) is 68.7 Å². The van der Waals surface area contributed by atoms with E-state index in [1.165, 1.54) is 5.56 Å². The van der Waals surface area contributed by atoms with Gasteiger partial charge >= 0.3 is 0 Å². The molecule has 1 atom stereocenters. The molecule has 5 rings (SSSR count). The lowest BCUT2D eigenvalue weighted by atomic mass is 9.91. The second kappa shape index (κ2) is 8.12. The van der Waals surface area contributed by atoms with Crippen LogP contribution in [0.15, 0.2) is 48.9 Å². The fraction of sp³-hybridized carbons (Fsp3) is 0.250. The lowest BCUT2D eigenvalue weighted by Gasteiger charge is -2.22. The zero-order chi connectivity index (χ0) is 21.4. The molecule has 7 heteroatoms. The third kappa shape index (κ3) is 4.03. The topological polar surface area (TPSA) is 61.4 Å². The molecule has 0 radical (unpaired) electrons. The fourth-order valence-electron chi connectivity index (χ4n) is 4.10. The Morgan fingerprint density at radius 1 is 1.03 bits per heavy atom. The van der Waals surface area contributed by atoms with Crippen molar-refractivity contribution in [2.24, 2.45) is 0 Å². The number of aromatic nitrogens is 6. The highest BCUT2D eigenvalue weighted by atomic mass is 35.5. The first kappa shape index (κ1) is 19.7. The van der Waals surface area contributed by atoms with Gasteiger partial charge in [0.2, 0.25) is 0 Å². The summed E-state index contributed by atoms with van der Waals surface area (Å²) in [5.41, 5.74) is 5.06. The minimum absolute atomic E-state index is 0.249. The largest absolute Gasteiger partial charge is 0.304 e. The number of hydrogen-bond acceptors (Lipinski definition) is 4. The fourth-order valence-corrected chi connectivity index (χ4v) is 4.23. The maximum atomic E-state index is 6.06. The number of imidazole rings is 1. The first-order valence-corrected chi connectivity index (χ1v) is 10.8. The van der Waals surface area contributed by atoms with Gasteiger partial charge in [-0.1, -0.05) is 23.7 Å². The zero-order valence-corrected chi connectivity index (χ0v) is 18.3. The van der Waals surface area contributed by atoms with Crippen molar-refractivity contribution in [1.29, 1.82) is 0 Å². The first-order valence-electron chi connectivity index (χ1n) is 10.4. The Balaban J connectivity index is 1.38. The van der Waals surface area contributed by atoms with Crippen molar-refractivity contribution in [3.05, 3.63) is 88.2 Å². The van der Waals surface area contributed by atoms with Crippen molar-refractivity contribution in [3.8, 4) is 5.69 Å². The Morgan fingerprint density at radius 2 is 1.87 bits per heavy atom. The third-order valence-electron chi connectivity index (χ3n) is 5.64. The molecule has 0 N–H and O–H groups in total. The number of hydrogen-bond donors (Lipinski definition) is 0. The van der Waals surface area contributed by atoms with Gasteiger partial charge in [0, 0.05) is 23.7 Å². The molecule has 1 aliphatic rings. The van der Waals surface area contributed by atoms with Gasteiger partial charge in [-0.2, -0.15) is 5.10 Å². The number of pyridine rings is 1. The van der Waals surface area contributed by atoms with Gasteiger partial charge in [-0.25, -0.2) is 14.6 Å². The highest BCUT2D eigenvalue weighted by Crippen LogP contribution is 2.32. The second-order valence-corrected chi connectivity index (χ2v) is 8.33. The molecule has 0 bridgehead atoms. The second-order valence-electron chi connectivity index (χ2n) is 7.89. The molecule has 1 aromatic carbocycles. The van der Waals surface area contributed by atoms with Crippen LogP contribution in [0.3, 0.4) is 0 Å². The normalized spacial score (nSPS) is 16.0. The summed E-state index contributed by atoms with van der Waals surface area (Å²) in [5.74, 6) is 1.98. The van der Waals surface area contributed by atoms with Crippen molar-refractivity contribution in [3.63, 3.8) is 0 Å². The van der Waals surface area contributed by atoms with E-state index in [-0.39, 0.29) is 5.92 Å². The van der Waals surface area contributed by atoms with Crippen molar-refractivity contribution in [2.75, 3.05) is 0 Å². The standard InChI is InChI=1S/C24H23ClN6/c1-16-14-30(15-26-16)22-11-9-20(27-17(22)2)10-12-23-28-24-21(4-3-13-31(24)29-23)18-5-7-19(25)8-6-18/h5-12,14-15,21H,3-4,13H2,1-2H3/b12-10+/t21-/m0/s1. The first-order chi connectivity index (χ1) is 15.1. The number of fused-ring (bicyclic) bond motifs is 1. The number of aryl methyl sites for hydroxylation is 3. The van der Waals surface area contributed by atoms with Gasteiger partial charge in [-0.15, -0.1) is 0 Å². The highest BCUT2D eigenvalue weighted by Gasteiger charge is 2.25. The molecule has 1 aliphatic heterocycles.